The van der Waals surface area contributed by atoms with E-state index in [4.69, 9.17) is 5.73 Å². The van der Waals surface area contributed by atoms with Crippen LogP contribution in [0.25, 0.3) is 0 Å². The summed E-state index contributed by atoms with van der Waals surface area (Å²) in [5.74, 6) is 1.22. The lowest BCUT2D eigenvalue weighted by Gasteiger charge is -2.20. The van der Waals surface area contributed by atoms with Crippen LogP contribution in [0.4, 0.5) is 5.82 Å². The summed E-state index contributed by atoms with van der Waals surface area (Å²) in [6.07, 6.45) is 6.64. The second kappa shape index (κ2) is 6.04. The highest BCUT2D eigenvalue weighted by Gasteiger charge is 2.27. The van der Waals surface area contributed by atoms with E-state index in [0.717, 1.165) is 12.2 Å². The number of primary amides is 1. The molecule has 2 unspecified atom stereocenters. The lowest BCUT2D eigenvalue weighted by atomic mass is 10.2. The number of nitrogens with zero attached hydrogens (tertiary/aromatic N) is 2. The Bertz CT molecular complexity index is 426. The second-order valence-electron chi connectivity index (χ2n) is 4.33. The minimum atomic E-state index is -0.544. The average Bonchev–Trinajstić information content (AvgIpc) is 2.77. The van der Waals surface area contributed by atoms with Gasteiger partial charge in [0.05, 0.1) is 12.4 Å². The molecule has 0 radical (unpaired) electrons. The first-order valence-corrected chi connectivity index (χ1v) is 7.25. The molecule has 6 heteroatoms. The van der Waals surface area contributed by atoms with Gasteiger partial charge in [-0.2, -0.15) is 11.8 Å². The van der Waals surface area contributed by atoms with Crippen molar-refractivity contribution in [3.63, 3.8) is 0 Å². The van der Waals surface area contributed by atoms with Crippen LogP contribution in [0, 0.1) is 0 Å². The molecule has 1 heterocycles. The molecule has 1 fully saturated rings. The third-order valence-electron chi connectivity index (χ3n) is 3.05. The largest absolute Gasteiger partial charge is 0.365 e. The molecule has 2 atom stereocenters. The summed E-state index contributed by atoms with van der Waals surface area (Å²) in [5, 5.41) is 3.99. The Hall–Kier alpha value is -1.30. The van der Waals surface area contributed by atoms with Crippen molar-refractivity contribution in [1.82, 2.24) is 9.97 Å². The molecule has 0 aliphatic heterocycles. The van der Waals surface area contributed by atoms with Crippen LogP contribution in [-0.2, 0) is 0 Å². The van der Waals surface area contributed by atoms with Crippen LogP contribution in [0.15, 0.2) is 12.4 Å². The maximum Gasteiger partial charge on any atom is 0.268 e. The van der Waals surface area contributed by atoms with Gasteiger partial charge in [-0.15, -0.1) is 0 Å². The van der Waals surface area contributed by atoms with Crippen LogP contribution in [0.2, 0.25) is 0 Å². The first kappa shape index (κ1) is 13.1. The van der Waals surface area contributed by atoms with Crippen molar-refractivity contribution in [3.05, 3.63) is 18.1 Å². The Balaban J connectivity index is 2.04. The monoisotopic (exact) mass is 266 g/mol. The zero-order chi connectivity index (χ0) is 13.0. The maximum absolute atomic E-state index is 11.0. The van der Waals surface area contributed by atoms with Crippen molar-refractivity contribution in [2.45, 2.75) is 37.5 Å². The highest BCUT2D eigenvalue weighted by molar-refractivity contribution is 7.99. The SMILES string of the molecule is CCSC1CCCC1Nc1cncc(C(N)=O)n1. The van der Waals surface area contributed by atoms with E-state index < -0.39 is 5.91 Å². The van der Waals surface area contributed by atoms with Crippen LogP contribution < -0.4 is 11.1 Å². The van der Waals surface area contributed by atoms with Crippen LogP contribution >= 0.6 is 11.8 Å². The lowest BCUT2D eigenvalue weighted by Crippen LogP contribution is -2.27. The third kappa shape index (κ3) is 3.13. The quantitative estimate of drug-likeness (QED) is 0.847. The molecule has 3 N–H and O–H groups in total. The van der Waals surface area contributed by atoms with E-state index in [9.17, 15) is 4.79 Å². The van der Waals surface area contributed by atoms with Gasteiger partial charge in [-0.05, 0) is 18.6 Å². The minimum Gasteiger partial charge on any atom is -0.365 e. The fraction of sp³-hybridized carbons (Fsp3) is 0.583. The van der Waals surface area contributed by atoms with Gasteiger partial charge < -0.3 is 11.1 Å². The molecular formula is C12H18N4OS. The number of thioether (sulfide) groups is 1. The van der Waals surface area contributed by atoms with Crippen molar-refractivity contribution >= 4 is 23.5 Å². The van der Waals surface area contributed by atoms with Crippen molar-refractivity contribution in [3.8, 4) is 0 Å². The number of hydrogen-bond acceptors (Lipinski definition) is 5. The summed E-state index contributed by atoms with van der Waals surface area (Å²) in [4.78, 5) is 19.2. The van der Waals surface area contributed by atoms with Crippen molar-refractivity contribution in [2.75, 3.05) is 11.1 Å². The van der Waals surface area contributed by atoms with Gasteiger partial charge >= 0.3 is 0 Å². The number of aromatic nitrogens is 2. The van der Waals surface area contributed by atoms with Crippen LogP contribution in [-0.4, -0.2) is 32.9 Å². The van der Waals surface area contributed by atoms with Gasteiger partial charge in [-0.3, -0.25) is 9.78 Å². The summed E-state index contributed by atoms with van der Waals surface area (Å²) in [6, 6.07) is 0.410. The molecule has 0 bridgehead atoms. The normalized spacial score (nSPS) is 22.9. The van der Waals surface area contributed by atoms with Gasteiger partial charge in [0, 0.05) is 11.3 Å². The fourth-order valence-electron chi connectivity index (χ4n) is 2.25. The predicted molar refractivity (Wildman–Crippen MR) is 73.7 cm³/mol. The number of amides is 1. The molecule has 18 heavy (non-hydrogen) atoms. The third-order valence-corrected chi connectivity index (χ3v) is 4.38. The number of nitrogens with two attached hydrogens (primary N) is 1. The molecule has 2 rings (SSSR count). The van der Waals surface area contributed by atoms with Gasteiger partial charge in [-0.1, -0.05) is 13.3 Å². The predicted octanol–water partition coefficient (Wildman–Crippen LogP) is 1.66. The van der Waals surface area contributed by atoms with E-state index >= 15 is 0 Å². The van der Waals surface area contributed by atoms with E-state index in [1.165, 1.54) is 19.0 Å². The van der Waals surface area contributed by atoms with Gasteiger partial charge in [0.1, 0.15) is 11.5 Å². The zero-order valence-corrected chi connectivity index (χ0v) is 11.2. The Morgan fingerprint density at radius 2 is 2.39 bits per heavy atom. The first-order chi connectivity index (χ1) is 8.70. The maximum atomic E-state index is 11.0. The molecule has 1 aromatic heterocycles. The molecule has 0 spiro atoms. The molecule has 0 saturated heterocycles. The van der Waals surface area contributed by atoms with E-state index in [2.05, 4.69) is 22.2 Å². The number of anilines is 1. The van der Waals surface area contributed by atoms with E-state index in [1.54, 1.807) is 6.20 Å². The Kier molecular flexibility index (Phi) is 4.41. The highest BCUT2D eigenvalue weighted by atomic mass is 32.2. The zero-order valence-electron chi connectivity index (χ0n) is 10.4. The standard InChI is InChI=1S/C12H18N4OS/c1-2-18-10-5-3-4-8(10)15-11-7-14-6-9(16-11)12(13)17/h6-8,10H,2-5H2,1H3,(H2,13,17)(H,15,16). The Morgan fingerprint density at radius 3 is 3.11 bits per heavy atom. The highest BCUT2D eigenvalue weighted by Crippen LogP contribution is 2.31. The second-order valence-corrected chi connectivity index (χ2v) is 5.85. The minimum absolute atomic E-state index is 0.206. The van der Waals surface area contributed by atoms with Crippen molar-refractivity contribution in [2.24, 2.45) is 5.73 Å². The smallest absolute Gasteiger partial charge is 0.268 e. The molecule has 1 aromatic rings. The number of carbonyl (C=O) groups excluding carboxylic acids is 1. The van der Waals surface area contributed by atoms with Gasteiger partial charge in [0.25, 0.3) is 5.91 Å². The molecule has 0 aromatic carbocycles. The molecule has 98 valence electrons. The molecule has 1 saturated carbocycles. The lowest BCUT2D eigenvalue weighted by molar-refractivity contribution is 0.0995. The van der Waals surface area contributed by atoms with Gasteiger partial charge in [0.15, 0.2) is 0 Å². The van der Waals surface area contributed by atoms with E-state index in [1.807, 2.05) is 11.8 Å². The average molecular weight is 266 g/mol. The number of rotatable bonds is 5. The van der Waals surface area contributed by atoms with Crippen LogP contribution in [0.3, 0.4) is 0 Å². The first-order valence-electron chi connectivity index (χ1n) is 6.20. The summed E-state index contributed by atoms with van der Waals surface area (Å²) in [6.45, 7) is 2.17. The van der Waals surface area contributed by atoms with Crippen LogP contribution in [0.5, 0.6) is 0 Å². The summed E-state index contributed by atoms with van der Waals surface area (Å²) < 4.78 is 0. The van der Waals surface area contributed by atoms with Crippen molar-refractivity contribution in [1.29, 1.82) is 0 Å². The summed E-state index contributed by atoms with van der Waals surface area (Å²) in [7, 11) is 0. The van der Waals surface area contributed by atoms with Gasteiger partial charge in [-0.25, -0.2) is 4.98 Å². The van der Waals surface area contributed by atoms with Crippen LogP contribution in [0.1, 0.15) is 36.7 Å². The number of nitrogens with one attached hydrogen (secondary N) is 1. The fourth-order valence-corrected chi connectivity index (χ4v) is 3.45. The molecular weight excluding hydrogens is 248 g/mol. The molecule has 1 amide bonds. The molecule has 1 aliphatic rings. The molecule has 5 nitrogen and oxygen atoms in total. The number of hydrogen-bond donors (Lipinski definition) is 2. The molecule has 1 aliphatic carbocycles. The topological polar surface area (TPSA) is 80.9 Å². The summed E-state index contributed by atoms with van der Waals surface area (Å²) >= 11 is 1.97. The van der Waals surface area contributed by atoms with E-state index in [-0.39, 0.29) is 5.69 Å². The van der Waals surface area contributed by atoms with Crippen molar-refractivity contribution < 1.29 is 4.79 Å². The summed E-state index contributed by atoms with van der Waals surface area (Å²) in [5.41, 5.74) is 5.40. The van der Waals surface area contributed by atoms with Gasteiger partial charge in [0.2, 0.25) is 0 Å². The number of carbonyl (C=O) groups is 1. The van der Waals surface area contributed by atoms with E-state index in [0.29, 0.717) is 17.1 Å². The Labute approximate surface area is 111 Å². The Morgan fingerprint density at radius 1 is 1.56 bits per heavy atom.